The molecule has 3 heterocycles. The van der Waals surface area contributed by atoms with Gasteiger partial charge >= 0.3 is 0 Å². The molecule has 0 saturated carbocycles. The average Bonchev–Trinajstić information content (AvgIpc) is 3.46. The van der Waals surface area contributed by atoms with Gasteiger partial charge in [0.25, 0.3) is 0 Å². The van der Waals surface area contributed by atoms with E-state index in [1.165, 1.54) is 0 Å². The molecule has 0 N–H and O–H groups in total. The molecule has 1 aliphatic rings. The second kappa shape index (κ2) is 8.81. The number of benzene rings is 2. The Balaban J connectivity index is 1.43. The standard InChI is InChI=1S/C25H22F3N5O/c1-15-13-32(14-29-15)21-7-5-16(10-22(21)34-2)6-8-23-30-31-25-18(4-3-9-33(23)25)17-11-19(26)24(28)20(27)12-17/h5-8,10-14,18H,3-4,9H2,1-2H3/t18-/m1/s1. The number of halogens is 3. The first-order valence-corrected chi connectivity index (χ1v) is 10.9. The predicted octanol–water partition coefficient (Wildman–Crippen LogP) is 5.29. The molecule has 0 fully saturated rings. The molecule has 9 heteroatoms. The third kappa shape index (κ3) is 3.98. The average molecular weight is 465 g/mol. The smallest absolute Gasteiger partial charge is 0.194 e. The Morgan fingerprint density at radius 3 is 2.56 bits per heavy atom. The van der Waals surface area contributed by atoms with Gasteiger partial charge in [-0.3, -0.25) is 0 Å². The Kier molecular flexibility index (Phi) is 5.69. The molecule has 6 nitrogen and oxygen atoms in total. The summed E-state index contributed by atoms with van der Waals surface area (Å²) in [6.45, 7) is 2.61. The topological polar surface area (TPSA) is 57.8 Å². The fourth-order valence-electron chi connectivity index (χ4n) is 4.35. The first-order chi connectivity index (χ1) is 16.4. The number of imidazole rings is 1. The number of rotatable bonds is 5. The molecule has 0 spiro atoms. The number of nitrogens with zero attached hydrogens (tertiary/aromatic N) is 5. The van der Waals surface area contributed by atoms with Gasteiger partial charge in [0, 0.05) is 18.7 Å². The van der Waals surface area contributed by atoms with Crippen LogP contribution in [-0.4, -0.2) is 31.4 Å². The van der Waals surface area contributed by atoms with Gasteiger partial charge in [0.05, 0.1) is 24.8 Å². The van der Waals surface area contributed by atoms with E-state index in [2.05, 4.69) is 15.2 Å². The zero-order valence-corrected chi connectivity index (χ0v) is 18.7. The van der Waals surface area contributed by atoms with Gasteiger partial charge in [-0.25, -0.2) is 18.2 Å². The lowest BCUT2D eigenvalue weighted by molar-refractivity contribution is 0.413. The number of ether oxygens (including phenoxy) is 1. The summed E-state index contributed by atoms with van der Waals surface area (Å²) in [6.07, 6.45) is 8.85. The van der Waals surface area contributed by atoms with Gasteiger partial charge in [-0.2, -0.15) is 0 Å². The molecule has 0 saturated heterocycles. The van der Waals surface area contributed by atoms with Crippen molar-refractivity contribution < 1.29 is 17.9 Å². The van der Waals surface area contributed by atoms with Crippen LogP contribution in [0.2, 0.25) is 0 Å². The van der Waals surface area contributed by atoms with Crippen molar-refractivity contribution in [2.45, 2.75) is 32.2 Å². The van der Waals surface area contributed by atoms with Crippen molar-refractivity contribution in [2.24, 2.45) is 0 Å². The van der Waals surface area contributed by atoms with Crippen LogP contribution in [0, 0.1) is 24.4 Å². The van der Waals surface area contributed by atoms with Gasteiger partial charge in [0.2, 0.25) is 0 Å². The van der Waals surface area contributed by atoms with Crippen molar-refractivity contribution in [1.82, 2.24) is 24.3 Å². The third-order valence-electron chi connectivity index (χ3n) is 6.02. The van der Waals surface area contributed by atoms with Gasteiger partial charge in [-0.05, 0) is 61.2 Å². The number of hydrogen-bond acceptors (Lipinski definition) is 4. The maximum absolute atomic E-state index is 13.8. The highest BCUT2D eigenvalue weighted by molar-refractivity contribution is 5.69. The summed E-state index contributed by atoms with van der Waals surface area (Å²) in [7, 11) is 1.62. The van der Waals surface area contributed by atoms with Gasteiger partial charge in [0.1, 0.15) is 11.6 Å². The molecular formula is C25H22F3N5O. The zero-order valence-electron chi connectivity index (χ0n) is 18.7. The lowest BCUT2D eigenvalue weighted by atomic mass is 9.90. The Hall–Kier alpha value is -3.88. The van der Waals surface area contributed by atoms with Crippen LogP contribution in [0.5, 0.6) is 5.75 Å². The van der Waals surface area contributed by atoms with Gasteiger partial charge in [-0.1, -0.05) is 12.1 Å². The minimum absolute atomic E-state index is 0.356. The van der Waals surface area contributed by atoms with Gasteiger partial charge < -0.3 is 13.9 Å². The molecule has 0 amide bonds. The van der Waals surface area contributed by atoms with Gasteiger partial charge in [0.15, 0.2) is 23.3 Å². The van der Waals surface area contributed by atoms with E-state index >= 15 is 0 Å². The zero-order chi connectivity index (χ0) is 23.8. The van der Waals surface area contributed by atoms with Crippen LogP contribution in [-0.2, 0) is 6.54 Å². The fourth-order valence-corrected chi connectivity index (χ4v) is 4.35. The van der Waals surface area contributed by atoms with E-state index in [1.54, 1.807) is 13.4 Å². The Morgan fingerprint density at radius 2 is 1.85 bits per heavy atom. The van der Waals surface area contributed by atoms with Crippen LogP contribution >= 0.6 is 0 Å². The second-order valence-electron chi connectivity index (χ2n) is 8.25. The van der Waals surface area contributed by atoms with E-state index in [0.717, 1.165) is 35.5 Å². The van der Waals surface area contributed by atoms with Crippen molar-refractivity contribution in [3.05, 3.63) is 88.8 Å². The molecule has 1 aliphatic heterocycles. The lowest BCUT2D eigenvalue weighted by Crippen LogP contribution is -2.18. The SMILES string of the molecule is COc1cc(C=Cc2nnc3n2CCC[C@@H]3c2cc(F)c(F)c(F)c2)ccc1-n1cnc(C)c1. The molecule has 5 rings (SSSR count). The maximum Gasteiger partial charge on any atom is 0.194 e. The fraction of sp³-hybridized carbons (Fsp3) is 0.240. The summed E-state index contributed by atoms with van der Waals surface area (Å²) in [5.74, 6) is -2.27. The largest absolute Gasteiger partial charge is 0.495 e. The van der Waals surface area contributed by atoms with Crippen LogP contribution in [0.3, 0.4) is 0 Å². The van der Waals surface area contributed by atoms with Crippen molar-refractivity contribution >= 4 is 12.2 Å². The Labute approximate surface area is 194 Å². The van der Waals surface area contributed by atoms with E-state index in [1.807, 2.05) is 52.6 Å². The van der Waals surface area contributed by atoms with Crippen molar-refractivity contribution in [1.29, 1.82) is 0 Å². The quantitative estimate of drug-likeness (QED) is 0.376. The molecule has 2 aromatic heterocycles. The lowest BCUT2D eigenvalue weighted by Gasteiger charge is -2.23. The molecule has 1 atom stereocenters. The third-order valence-corrected chi connectivity index (χ3v) is 6.02. The van der Waals surface area contributed by atoms with Crippen LogP contribution < -0.4 is 4.74 Å². The number of aryl methyl sites for hydroxylation is 1. The molecule has 2 aromatic carbocycles. The van der Waals surface area contributed by atoms with Gasteiger partial charge in [-0.15, -0.1) is 10.2 Å². The Morgan fingerprint density at radius 1 is 1.06 bits per heavy atom. The van der Waals surface area contributed by atoms with Crippen molar-refractivity contribution in [3.8, 4) is 11.4 Å². The van der Waals surface area contributed by atoms with E-state index in [9.17, 15) is 13.2 Å². The van der Waals surface area contributed by atoms with Crippen molar-refractivity contribution in [3.63, 3.8) is 0 Å². The highest BCUT2D eigenvalue weighted by atomic mass is 19.2. The molecule has 0 unspecified atom stereocenters. The number of aromatic nitrogens is 5. The molecular weight excluding hydrogens is 443 g/mol. The minimum Gasteiger partial charge on any atom is -0.495 e. The van der Waals surface area contributed by atoms with Crippen LogP contribution in [0.1, 0.15) is 47.2 Å². The molecule has 0 radical (unpaired) electrons. The molecule has 34 heavy (non-hydrogen) atoms. The summed E-state index contributed by atoms with van der Waals surface area (Å²) in [5, 5.41) is 8.57. The Bertz CT molecular complexity index is 1370. The summed E-state index contributed by atoms with van der Waals surface area (Å²) in [6, 6.07) is 7.91. The first-order valence-electron chi connectivity index (χ1n) is 10.9. The summed E-state index contributed by atoms with van der Waals surface area (Å²) in [4.78, 5) is 4.26. The number of hydrogen-bond donors (Lipinski definition) is 0. The van der Waals surface area contributed by atoms with E-state index in [-0.39, 0.29) is 5.92 Å². The van der Waals surface area contributed by atoms with E-state index < -0.39 is 17.5 Å². The normalized spacial score (nSPS) is 15.6. The molecule has 4 aromatic rings. The minimum atomic E-state index is -1.46. The summed E-state index contributed by atoms with van der Waals surface area (Å²) in [5.41, 5.74) is 3.05. The maximum atomic E-state index is 13.8. The van der Waals surface area contributed by atoms with Crippen LogP contribution in [0.15, 0.2) is 42.9 Å². The monoisotopic (exact) mass is 465 g/mol. The molecule has 174 valence electrons. The van der Waals surface area contributed by atoms with Crippen LogP contribution in [0.4, 0.5) is 13.2 Å². The number of methoxy groups -OCH3 is 1. The second-order valence-corrected chi connectivity index (χ2v) is 8.25. The van der Waals surface area contributed by atoms with Crippen molar-refractivity contribution in [2.75, 3.05) is 7.11 Å². The molecule has 0 aliphatic carbocycles. The highest BCUT2D eigenvalue weighted by Gasteiger charge is 2.27. The van der Waals surface area contributed by atoms with E-state index in [0.29, 0.717) is 35.9 Å². The van der Waals surface area contributed by atoms with E-state index in [4.69, 9.17) is 4.74 Å². The molecule has 0 bridgehead atoms. The highest BCUT2D eigenvalue weighted by Crippen LogP contribution is 2.34. The van der Waals surface area contributed by atoms with Crippen LogP contribution in [0.25, 0.3) is 17.8 Å². The summed E-state index contributed by atoms with van der Waals surface area (Å²) >= 11 is 0. The summed E-state index contributed by atoms with van der Waals surface area (Å²) < 4.78 is 50.4. The first kappa shape index (κ1) is 21.9. The predicted molar refractivity (Wildman–Crippen MR) is 121 cm³/mol. The number of fused-ring (bicyclic) bond motifs is 1.